The number of aryl methyl sites for hydroxylation is 2. The molecule has 0 saturated carbocycles. The molecule has 13 nitrogen and oxygen atoms in total. The number of rotatable bonds is 18. The van der Waals surface area contributed by atoms with Crippen LogP contribution < -0.4 is 20.6 Å². The minimum atomic E-state index is -0.502. The summed E-state index contributed by atoms with van der Waals surface area (Å²) in [6, 6.07) is 5.82. The van der Waals surface area contributed by atoms with Crippen molar-refractivity contribution in [3.63, 3.8) is 0 Å². The molecule has 2 amide bonds. The fraction of sp³-hybridized carbons (Fsp3) is 0.574. The van der Waals surface area contributed by atoms with Crippen molar-refractivity contribution >= 4 is 45.6 Å². The number of carbonyl (C=O) groups is 4. The van der Waals surface area contributed by atoms with Crippen LogP contribution in [-0.4, -0.2) is 103 Å². The summed E-state index contributed by atoms with van der Waals surface area (Å²) in [5.74, 6) is -1.40. The molecule has 0 spiro atoms. The van der Waals surface area contributed by atoms with Crippen LogP contribution in [0.2, 0.25) is 0 Å². The molecular formula is C47H66N8O5Pd. The van der Waals surface area contributed by atoms with Gasteiger partial charge < -0.3 is 35.1 Å². The second kappa shape index (κ2) is 22.2. The molecule has 5 rings (SSSR count). The number of hydrogen-bond acceptors (Lipinski definition) is 9. The maximum atomic E-state index is 14.5. The summed E-state index contributed by atoms with van der Waals surface area (Å²) in [4.78, 5) is 79.7. The van der Waals surface area contributed by atoms with Gasteiger partial charge in [-0.2, -0.15) is 0 Å². The molecule has 0 radical (unpaired) electrons. The zero-order valence-corrected chi connectivity index (χ0v) is 39.6. The van der Waals surface area contributed by atoms with Crippen LogP contribution in [0.4, 0.5) is 0 Å². The Morgan fingerprint density at radius 2 is 1.28 bits per heavy atom. The molecule has 3 aromatic heterocycles. The van der Waals surface area contributed by atoms with Gasteiger partial charge in [-0.1, -0.05) is 77.8 Å². The molecule has 4 atom stereocenters. The van der Waals surface area contributed by atoms with E-state index in [0.29, 0.717) is 81.8 Å². The molecule has 3 aromatic rings. The quantitative estimate of drug-likeness (QED) is 0.0804. The van der Waals surface area contributed by atoms with Gasteiger partial charge in [-0.15, -0.1) is 22.1 Å². The average Bonchev–Trinajstić information content (AvgIpc) is 3.92. The number of amides is 2. The standard InChI is InChI=1S/C47H68N8O5.Pd/c1-12-32-27(6)35-26-40-43(31(10)56)29(8)37(51-40)24-36-28(7)33(17-18-41(57)48-19-21-54(13-2)14-3)45(52-36)34(23-42(58)60-11)46-44(30(9)38(53-46)25-39(32)50-35)47(59)49-20-22-55(15-4)16-5;/h24-28,32-33H,12-23H2,1-11H3,(H4,48,49,50,51,52,53,56,57,59);/q;+2/p-2/t27-,28+,32-,33+;/m1./s1. The predicted octanol–water partition coefficient (Wildman–Crippen LogP) is 6.60. The van der Waals surface area contributed by atoms with Crippen LogP contribution in [0.15, 0.2) is 18.2 Å². The number of esters is 1. The van der Waals surface area contributed by atoms with Gasteiger partial charge in [-0.25, -0.2) is 0 Å². The van der Waals surface area contributed by atoms with E-state index >= 15 is 0 Å². The van der Waals surface area contributed by atoms with Crippen LogP contribution in [0, 0.1) is 13.8 Å². The third-order valence-electron chi connectivity index (χ3n) is 12.8. The van der Waals surface area contributed by atoms with Crippen molar-refractivity contribution in [1.82, 2.24) is 40.4 Å². The topological polar surface area (TPSA) is 162 Å². The average molecular weight is 930 g/mol. The summed E-state index contributed by atoms with van der Waals surface area (Å²) >= 11 is 0. The molecule has 0 unspecified atom stereocenters. The molecule has 2 aliphatic heterocycles. The van der Waals surface area contributed by atoms with E-state index in [-0.39, 0.29) is 74.5 Å². The van der Waals surface area contributed by atoms with E-state index in [1.165, 1.54) is 7.11 Å². The summed E-state index contributed by atoms with van der Waals surface area (Å²) < 4.78 is 5.28. The summed E-state index contributed by atoms with van der Waals surface area (Å²) in [5.41, 5.74) is 7.90. The first-order chi connectivity index (χ1) is 28.7. The molecule has 14 heteroatoms. The Kier molecular flexibility index (Phi) is 18.0. The third kappa shape index (κ3) is 11.1. The summed E-state index contributed by atoms with van der Waals surface area (Å²) in [5, 5.41) is 6.24. The summed E-state index contributed by atoms with van der Waals surface area (Å²) in [7, 11) is 1.34. The Morgan fingerprint density at radius 3 is 1.87 bits per heavy atom. The largest absolute Gasteiger partial charge is 2.00 e. The van der Waals surface area contributed by atoms with Crippen LogP contribution >= 0.6 is 0 Å². The number of hydrogen-bond donors (Lipinski definition) is 2. The van der Waals surface area contributed by atoms with Gasteiger partial charge in [-0.05, 0) is 65.4 Å². The first kappa shape index (κ1) is 49.4. The van der Waals surface area contributed by atoms with E-state index < -0.39 is 5.97 Å². The molecule has 0 fully saturated rings. The van der Waals surface area contributed by atoms with Crippen molar-refractivity contribution < 1.29 is 44.3 Å². The van der Waals surface area contributed by atoms with Gasteiger partial charge in [0.15, 0.2) is 5.78 Å². The molecule has 2 N–H and O–H groups in total. The molecule has 8 bridgehead atoms. The fourth-order valence-corrected chi connectivity index (χ4v) is 8.91. The Bertz CT molecular complexity index is 2220. The number of aromatic nitrogens is 4. The van der Waals surface area contributed by atoms with Crippen molar-refractivity contribution in [2.75, 3.05) is 59.5 Å². The second-order valence-corrected chi connectivity index (χ2v) is 16.2. The van der Waals surface area contributed by atoms with Crippen molar-refractivity contribution in [3.05, 3.63) is 68.8 Å². The minimum absolute atomic E-state index is 0. The summed E-state index contributed by atoms with van der Waals surface area (Å²) in [6.45, 7) is 26.0. The van der Waals surface area contributed by atoms with Crippen LogP contribution in [0.3, 0.4) is 0 Å². The maximum absolute atomic E-state index is 14.5. The number of nitrogens with one attached hydrogen (secondary N) is 2. The van der Waals surface area contributed by atoms with Crippen molar-refractivity contribution in [1.29, 1.82) is 0 Å². The van der Waals surface area contributed by atoms with Crippen molar-refractivity contribution in [2.24, 2.45) is 0 Å². The molecule has 61 heavy (non-hydrogen) atoms. The van der Waals surface area contributed by atoms with Gasteiger partial charge in [0.1, 0.15) is 0 Å². The van der Waals surface area contributed by atoms with Gasteiger partial charge in [0.25, 0.3) is 0 Å². The number of ether oxygens (including phenoxy) is 1. The Labute approximate surface area is 375 Å². The van der Waals surface area contributed by atoms with Crippen molar-refractivity contribution in [2.45, 2.75) is 119 Å². The molecule has 334 valence electrons. The monoisotopic (exact) mass is 928 g/mol. The third-order valence-corrected chi connectivity index (χ3v) is 12.8. The Hall–Kier alpha value is -4.22. The van der Waals surface area contributed by atoms with Crippen LogP contribution in [-0.2, 0) is 41.2 Å². The van der Waals surface area contributed by atoms with E-state index in [9.17, 15) is 19.2 Å². The normalized spacial score (nSPS) is 17.3. The maximum Gasteiger partial charge on any atom is 2.00 e. The van der Waals surface area contributed by atoms with E-state index in [0.717, 1.165) is 56.1 Å². The smallest absolute Gasteiger partial charge is 0.657 e. The molecule has 0 aliphatic carbocycles. The first-order valence-corrected chi connectivity index (χ1v) is 21.9. The van der Waals surface area contributed by atoms with Gasteiger partial charge in [0.2, 0.25) is 11.8 Å². The predicted molar refractivity (Wildman–Crippen MR) is 237 cm³/mol. The van der Waals surface area contributed by atoms with Gasteiger partial charge in [-0.3, -0.25) is 29.1 Å². The number of methoxy groups -OCH3 is 1. The summed E-state index contributed by atoms with van der Waals surface area (Å²) in [6.07, 6.45) is 1.28. The zero-order chi connectivity index (χ0) is 43.8. The van der Waals surface area contributed by atoms with Gasteiger partial charge in [0.05, 0.1) is 13.5 Å². The van der Waals surface area contributed by atoms with Crippen LogP contribution in [0.5, 0.6) is 0 Å². The van der Waals surface area contributed by atoms with E-state index in [2.05, 4.69) is 68.9 Å². The second-order valence-electron chi connectivity index (χ2n) is 16.2. The van der Waals surface area contributed by atoms with E-state index in [1.54, 1.807) is 6.92 Å². The number of Topliss-reactive ketones (excluding diaryl/α,β-unsaturated/α-hetero) is 1. The molecule has 0 aromatic carbocycles. The van der Waals surface area contributed by atoms with Crippen molar-refractivity contribution in [3.8, 4) is 0 Å². The zero-order valence-electron chi connectivity index (χ0n) is 38.1. The Balaban J connectivity index is 0.00000819. The number of likely N-dealkylation sites (N-methyl/N-ethyl adjacent to an activating group) is 2. The number of carbonyl (C=O) groups excluding carboxylic acids is 4. The molecular weight excluding hydrogens is 863 g/mol. The van der Waals surface area contributed by atoms with Crippen LogP contribution in [0.1, 0.15) is 159 Å². The first-order valence-electron chi connectivity index (χ1n) is 21.9. The van der Waals surface area contributed by atoms with E-state index in [1.807, 2.05) is 32.0 Å². The Morgan fingerprint density at radius 1 is 0.738 bits per heavy atom. The van der Waals surface area contributed by atoms with Gasteiger partial charge in [0, 0.05) is 90.2 Å². The minimum Gasteiger partial charge on any atom is -0.657 e. The number of fused-ring (bicyclic) bond motifs is 8. The number of ketones is 1. The van der Waals surface area contributed by atoms with Crippen LogP contribution in [0.25, 0.3) is 22.1 Å². The number of nitrogens with zero attached hydrogens (tertiary/aromatic N) is 6. The molecule has 2 aliphatic rings. The SMILES string of the molecule is CC[C@H]1c2cc3[n-]c(c(CC(=O)OC)c4nc(cc5[n-]c(cc(n2)[C@@H]1C)c(C(C)=O)c5C)[C@@H](C)[C@@H]4CCC(=O)NCCN(CC)CC)c(C(=O)NCCN(CC)CC)c3C.[Pd+2]. The molecule has 5 heterocycles. The fourth-order valence-electron chi connectivity index (χ4n) is 8.91. The van der Waals surface area contributed by atoms with E-state index in [4.69, 9.17) is 24.7 Å². The molecule has 0 saturated heterocycles. The van der Waals surface area contributed by atoms with Gasteiger partial charge >= 0.3 is 26.4 Å².